The SMILES string of the molecule is CCOc1ccc(CC(C)N)cc1C1CCCCC1.Cl. The minimum absolute atomic E-state index is 0. The number of nitrogens with two attached hydrogens (primary N) is 1. The summed E-state index contributed by atoms with van der Waals surface area (Å²) in [7, 11) is 0. The van der Waals surface area contributed by atoms with E-state index < -0.39 is 0 Å². The van der Waals surface area contributed by atoms with E-state index in [-0.39, 0.29) is 18.4 Å². The van der Waals surface area contributed by atoms with Crippen molar-refractivity contribution in [3.8, 4) is 5.75 Å². The van der Waals surface area contributed by atoms with E-state index in [2.05, 4.69) is 32.0 Å². The van der Waals surface area contributed by atoms with Gasteiger partial charge in [-0.25, -0.2) is 0 Å². The van der Waals surface area contributed by atoms with Gasteiger partial charge in [-0.1, -0.05) is 31.4 Å². The largest absolute Gasteiger partial charge is 0.494 e. The fraction of sp³-hybridized carbons (Fsp3) is 0.647. The molecule has 1 aliphatic carbocycles. The highest BCUT2D eigenvalue weighted by molar-refractivity contribution is 5.85. The Labute approximate surface area is 129 Å². The first-order valence-electron chi connectivity index (χ1n) is 7.72. The Morgan fingerprint density at radius 2 is 1.95 bits per heavy atom. The van der Waals surface area contributed by atoms with Crippen LogP contribution in [0.25, 0.3) is 0 Å². The number of hydrogen-bond acceptors (Lipinski definition) is 2. The standard InChI is InChI=1S/C17H27NO.ClH/c1-3-19-17-10-9-14(11-13(2)18)12-16(17)15-7-5-4-6-8-15;/h9-10,12-13,15H,3-8,11,18H2,1-2H3;1H. The molecule has 20 heavy (non-hydrogen) atoms. The topological polar surface area (TPSA) is 35.2 Å². The second-order valence-electron chi connectivity index (χ2n) is 5.82. The molecule has 114 valence electrons. The molecule has 1 saturated carbocycles. The van der Waals surface area contributed by atoms with Gasteiger partial charge in [0, 0.05) is 6.04 Å². The number of halogens is 1. The third kappa shape index (κ3) is 4.68. The Morgan fingerprint density at radius 3 is 2.55 bits per heavy atom. The highest BCUT2D eigenvalue weighted by Crippen LogP contribution is 2.38. The fourth-order valence-corrected chi connectivity index (χ4v) is 3.12. The summed E-state index contributed by atoms with van der Waals surface area (Å²) in [6.45, 7) is 4.86. The molecule has 2 N–H and O–H groups in total. The third-order valence-corrected chi connectivity index (χ3v) is 3.98. The van der Waals surface area contributed by atoms with Gasteiger partial charge in [0.15, 0.2) is 0 Å². The van der Waals surface area contributed by atoms with E-state index in [1.165, 1.54) is 43.2 Å². The van der Waals surface area contributed by atoms with Crippen LogP contribution in [0.2, 0.25) is 0 Å². The van der Waals surface area contributed by atoms with Crippen molar-refractivity contribution in [1.82, 2.24) is 0 Å². The smallest absolute Gasteiger partial charge is 0.122 e. The maximum atomic E-state index is 5.92. The summed E-state index contributed by atoms with van der Waals surface area (Å²) in [6.07, 6.45) is 7.66. The zero-order valence-corrected chi connectivity index (χ0v) is 13.5. The predicted molar refractivity (Wildman–Crippen MR) is 88.0 cm³/mol. The number of rotatable bonds is 5. The molecule has 0 radical (unpaired) electrons. The van der Waals surface area contributed by atoms with E-state index in [0.29, 0.717) is 5.92 Å². The molecule has 0 heterocycles. The predicted octanol–water partition coefficient (Wildman–Crippen LogP) is 4.44. The van der Waals surface area contributed by atoms with E-state index in [1.807, 2.05) is 0 Å². The zero-order chi connectivity index (χ0) is 13.7. The maximum absolute atomic E-state index is 5.92. The van der Waals surface area contributed by atoms with Crippen LogP contribution in [0.3, 0.4) is 0 Å². The lowest BCUT2D eigenvalue weighted by atomic mass is 9.83. The molecule has 0 spiro atoms. The minimum atomic E-state index is 0. The first kappa shape index (κ1) is 17.3. The average molecular weight is 298 g/mol. The minimum Gasteiger partial charge on any atom is -0.494 e. The van der Waals surface area contributed by atoms with Crippen LogP contribution in [-0.4, -0.2) is 12.6 Å². The fourth-order valence-electron chi connectivity index (χ4n) is 3.12. The van der Waals surface area contributed by atoms with E-state index in [0.717, 1.165) is 18.8 Å². The molecule has 1 aromatic rings. The second-order valence-corrected chi connectivity index (χ2v) is 5.82. The Hall–Kier alpha value is -0.730. The lowest BCUT2D eigenvalue weighted by Crippen LogP contribution is -2.18. The molecule has 1 atom stereocenters. The van der Waals surface area contributed by atoms with Crippen molar-refractivity contribution in [2.45, 2.75) is 64.3 Å². The molecule has 2 nitrogen and oxygen atoms in total. The van der Waals surface area contributed by atoms with Crippen LogP contribution < -0.4 is 10.5 Å². The highest BCUT2D eigenvalue weighted by atomic mass is 35.5. The van der Waals surface area contributed by atoms with Gasteiger partial charge in [-0.15, -0.1) is 12.4 Å². The molecular weight excluding hydrogens is 270 g/mol. The van der Waals surface area contributed by atoms with Crippen molar-refractivity contribution < 1.29 is 4.74 Å². The molecule has 1 aromatic carbocycles. The molecule has 0 bridgehead atoms. The zero-order valence-electron chi connectivity index (χ0n) is 12.7. The van der Waals surface area contributed by atoms with Crippen LogP contribution in [0.4, 0.5) is 0 Å². The summed E-state index contributed by atoms with van der Waals surface area (Å²) in [5.41, 5.74) is 8.68. The molecule has 0 saturated heterocycles. The van der Waals surface area contributed by atoms with Gasteiger partial charge in [0.25, 0.3) is 0 Å². The van der Waals surface area contributed by atoms with E-state index in [1.54, 1.807) is 0 Å². The molecule has 1 unspecified atom stereocenters. The van der Waals surface area contributed by atoms with Crippen molar-refractivity contribution in [2.24, 2.45) is 5.73 Å². The molecular formula is C17H28ClNO. The van der Waals surface area contributed by atoms with Gasteiger partial charge in [-0.2, -0.15) is 0 Å². The van der Waals surface area contributed by atoms with Crippen LogP contribution in [-0.2, 0) is 6.42 Å². The van der Waals surface area contributed by atoms with Gasteiger partial charge in [-0.05, 0) is 56.2 Å². The summed E-state index contributed by atoms with van der Waals surface area (Å²) in [5, 5.41) is 0. The Morgan fingerprint density at radius 1 is 1.25 bits per heavy atom. The first-order chi connectivity index (χ1) is 9.20. The van der Waals surface area contributed by atoms with Crippen molar-refractivity contribution in [1.29, 1.82) is 0 Å². The van der Waals surface area contributed by atoms with Crippen LogP contribution >= 0.6 is 12.4 Å². The number of benzene rings is 1. The van der Waals surface area contributed by atoms with Crippen LogP contribution in [0.5, 0.6) is 5.75 Å². The van der Waals surface area contributed by atoms with Crippen molar-refractivity contribution >= 4 is 12.4 Å². The van der Waals surface area contributed by atoms with Crippen molar-refractivity contribution in [2.75, 3.05) is 6.61 Å². The Kier molecular flexibility index (Phi) is 7.39. The molecule has 3 heteroatoms. The maximum Gasteiger partial charge on any atom is 0.122 e. The second kappa shape index (κ2) is 8.53. The van der Waals surface area contributed by atoms with Crippen LogP contribution in [0.1, 0.15) is 63.0 Å². The van der Waals surface area contributed by atoms with Crippen LogP contribution in [0.15, 0.2) is 18.2 Å². The Balaban J connectivity index is 0.00000200. The quantitative estimate of drug-likeness (QED) is 0.872. The summed E-state index contributed by atoms with van der Waals surface area (Å²) in [4.78, 5) is 0. The van der Waals surface area contributed by atoms with E-state index >= 15 is 0 Å². The summed E-state index contributed by atoms with van der Waals surface area (Å²) >= 11 is 0. The van der Waals surface area contributed by atoms with Crippen molar-refractivity contribution in [3.05, 3.63) is 29.3 Å². The summed E-state index contributed by atoms with van der Waals surface area (Å²) < 4.78 is 5.82. The van der Waals surface area contributed by atoms with Gasteiger partial charge in [0.2, 0.25) is 0 Å². The average Bonchev–Trinajstić information content (AvgIpc) is 2.41. The number of hydrogen-bond donors (Lipinski definition) is 1. The molecule has 1 fully saturated rings. The summed E-state index contributed by atoms with van der Waals surface area (Å²) in [5.74, 6) is 1.77. The van der Waals surface area contributed by atoms with E-state index in [4.69, 9.17) is 10.5 Å². The number of ether oxygens (including phenoxy) is 1. The molecule has 1 aliphatic rings. The van der Waals surface area contributed by atoms with Gasteiger partial charge < -0.3 is 10.5 Å². The monoisotopic (exact) mass is 297 g/mol. The molecule has 0 aliphatic heterocycles. The molecule has 0 amide bonds. The third-order valence-electron chi connectivity index (χ3n) is 3.98. The van der Waals surface area contributed by atoms with Gasteiger partial charge in [0.05, 0.1) is 6.61 Å². The van der Waals surface area contributed by atoms with Crippen molar-refractivity contribution in [3.63, 3.8) is 0 Å². The van der Waals surface area contributed by atoms with Gasteiger partial charge >= 0.3 is 0 Å². The molecule has 0 aromatic heterocycles. The first-order valence-corrected chi connectivity index (χ1v) is 7.72. The highest BCUT2D eigenvalue weighted by Gasteiger charge is 2.19. The van der Waals surface area contributed by atoms with Gasteiger partial charge in [-0.3, -0.25) is 0 Å². The Bertz CT molecular complexity index is 400. The lowest BCUT2D eigenvalue weighted by Gasteiger charge is -2.25. The van der Waals surface area contributed by atoms with E-state index in [9.17, 15) is 0 Å². The normalized spacial score (nSPS) is 17.4. The summed E-state index contributed by atoms with van der Waals surface area (Å²) in [6, 6.07) is 6.87. The molecule has 2 rings (SSSR count). The van der Waals surface area contributed by atoms with Crippen LogP contribution in [0, 0.1) is 0 Å². The van der Waals surface area contributed by atoms with Gasteiger partial charge in [0.1, 0.15) is 5.75 Å². The lowest BCUT2D eigenvalue weighted by molar-refractivity contribution is 0.328.